The largest absolute Gasteiger partial charge is 0.370 e. The highest BCUT2D eigenvalue weighted by molar-refractivity contribution is 6.07. The molecule has 5 rings (SSSR count). The fourth-order valence-corrected chi connectivity index (χ4v) is 5.16. The molecule has 0 unspecified atom stereocenters. The van der Waals surface area contributed by atoms with Crippen LogP contribution in [0.4, 0.5) is 5.69 Å². The number of nitriles is 1. The van der Waals surface area contributed by atoms with Crippen molar-refractivity contribution in [1.29, 1.82) is 5.26 Å². The van der Waals surface area contributed by atoms with Crippen LogP contribution in [0.3, 0.4) is 0 Å². The number of carbonyl (C=O) groups is 1. The van der Waals surface area contributed by atoms with Crippen LogP contribution in [0, 0.1) is 11.3 Å². The van der Waals surface area contributed by atoms with Crippen molar-refractivity contribution in [2.45, 2.75) is 45.1 Å². The van der Waals surface area contributed by atoms with Crippen molar-refractivity contribution in [3.05, 3.63) is 65.5 Å². The fraction of sp³-hybridized carbons (Fsp3) is 0.333. The van der Waals surface area contributed by atoms with Gasteiger partial charge < -0.3 is 20.2 Å². The van der Waals surface area contributed by atoms with E-state index in [0.29, 0.717) is 11.1 Å². The van der Waals surface area contributed by atoms with Crippen LogP contribution in [0.15, 0.2) is 48.8 Å². The molecule has 0 bridgehead atoms. The van der Waals surface area contributed by atoms with Gasteiger partial charge in [0.05, 0.1) is 28.4 Å². The first-order chi connectivity index (χ1) is 16.2. The number of amides is 1. The summed E-state index contributed by atoms with van der Waals surface area (Å²) in [5.74, 6) is -0.358. The topological polar surface area (TPSA) is 90.8 Å². The van der Waals surface area contributed by atoms with Crippen molar-refractivity contribution in [3.8, 4) is 6.07 Å². The van der Waals surface area contributed by atoms with E-state index in [4.69, 9.17) is 5.73 Å². The number of benzene rings is 2. The van der Waals surface area contributed by atoms with Crippen molar-refractivity contribution in [3.63, 3.8) is 0 Å². The number of carbonyl (C=O) groups excluding carboxylic acids is 1. The summed E-state index contributed by atoms with van der Waals surface area (Å²) in [5, 5.41) is 11.5. The van der Waals surface area contributed by atoms with Gasteiger partial charge in [-0.15, -0.1) is 0 Å². The summed E-state index contributed by atoms with van der Waals surface area (Å²) in [6.45, 7) is 2.87. The van der Waals surface area contributed by atoms with E-state index in [2.05, 4.69) is 39.0 Å². The molecule has 2 aromatic heterocycles. The van der Waals surface area contributed by atoms with Gasteiger partial charge in [0.25, 0.3) is 5.91 Å². The number of piperidine rings is 1. The number of nitrogens with two attached hydrogens (primary N) is 1. The molecule has 168 valence electrons. The third-order valence-electron chi connectivity index (χ3n) is 6.85. The van der Waals surface area contributed by atoms with Crippen LogP contribution in [0.1, 0.15) is 53.6 Å². The lowest BCUT2D eigenvalue weighted by molar-refractivity contribution is 0.100. The molecule has 33 heavy (non-hydrogen) atoms. The molecular formula is C27H29N5O. The second-order valence-electron chi connectivity index (χ2n) is 8.96. The minimum atomic E-state index is -0.358. The van der Waals surface area contributed by atoms with Crippen LogP contribution in [0.5, 0.6) is 0 Å². The maximum Gasteiger partial charge on any atom is 0.250 e. The first-order valence-electron chi connectivity index (χ1n) is 11.8. The monoisotopic (exact) mass is 439 g/mol. The summed E-state index contributed by atoms with van der Waals surface area (Å²) in [7, 11) is 0. The number of hydrogen-bond donors (Lipinski definition) is 2. The number of unbranched alkanes of at least 4 members (excludes halogenated alkanes) is 1. The Hall–Kier alpha value is -3.72. The van der Waals surface area contributed by atoms with Gasteiger partial charge in [0.2, 0.25) is 0 Å². The Morgan fingerprint density at radius 3 is 2.70 bits per heavy atom. The molecular weight excluding hydrogens is 410 g/mol. The minimum Gasteiger partial charge on any atom is -0.370 e. The third-order valence-corrected chi connectivity index (χ3v) is 6.85. The van der Waals surface area contributed by atoms with Crippen LogP contribution in [0.25, 0.3) is 21.8 Å². The van der Waals surface area contributed by atoms with Crippen LogP contribution >= 0.6 is 0 Å². The summed E-state index contributed by atoms with van der Waals surface area (Å²) in [6, 6.07) is 14.1. The first-order valence-corrected chi connectivity index (χ1v) is 11.8. The smallest absolute Gasteiger partial charge is 0.250 e. The Kier molecular flexibility index (Phi) is 5.78. The molecule has 0 saturated carbocycles. The highest BCUT2D eigenvalue weighted by atomic mass is 16.1. The number of primary amides is 1. The molecule has 1 fully saturated rings. The number of aromatic nitrogens is 2. The summed E-state index contributed by atoms with van der Waals surface area (Å²) in [5.41, 5.74) is 11.6. The number of nitrogens with one attached hydrogen (secondary N) is 1. The second kappa shape index (κ2) is 9.03. The Morgan fingerprint density at radius 2 is 1.91 bits per heavy atom. The molecule has 4 aromatic rings. The zero-order chi connectivity index (χ0) is 22.8. The molecule has 0 radical (unpaired) electrons. The Balaban J connectivity index is 1.32. The van der Waals surface area contributed by atoms with E-state index in [1.54, 1.807) is 0 Å². The number of rotatable bonds is 7. The van der Waals surface area contributed by atoms with Crippen molar-refractivity contribution >= 4 is 33.4 Å². The molecule has 1 amide bonds. The van der Waals surface area contributed by atoms with Gasteiger partial charge in [-0.2, -0.15) is 5.26 Å². The molecule has 1 aliphatic heterocycles. The lowest BCUT2D eigenvalue weighted by Crippen LogP contribution is -2.31. The molecule has 3 N–H and O–H groups in total. The van der Waals surface area contributed by atoms with Crippen LogP contribution in [-0.4, -0.2) is 28.5 Å². The van der Waals surface area contributed by atoms with Gasteiger partial charge in [0.1, 0.15) is 0 Å². The molecule has 0 spiro atoms. The Morgan fingerprint density at radius 1 is 1.06 bits per heavy atom. The maximum atomic E-state index is 12.1. The number of hydrogen-bond acceptors (Lipinski definition) is 3. The average molecular weight is 440 g/mol. The molecule has 1 aliphatic rings. The predicted octanol–water partition coefficient (Wildman–Crippen LogP) is 5.11. The predicted molar refractivity (Wildman–Crippen MR) is 132 cm³/mol. The van der Waals surface area contributed by atoms with Gasteiger partial charge in [-0.1, -0.05) is 0 Å². The fourth-order valence-electron chi connectivity index (χ4n) is 5.16. The normalized spacial score (nSPS) is 14.1. The van der Waals surface area contributed by atoms with Crippen molar-refractivity contribution in [2.75, 3.05) is 18.0 Å². The number of aromatic amines is 1. The Labute approximate surface area is 193 Å². The molecule has 3 heterocycles. The third kappa shape index (κ3) is 4.07. The molecule has 1 saturated heterocycles. The van der Waals surface area contributed by atoms with E-state index < -0.39 is 0 Å². The van der Waals surface area contributed by atoms with Gasteiger partial charge in [-0.3, -0.25) is 4.79 Å². The van der Waals surface area contributed by atoms with E-state index in [9.17, 15) is 10.1 Å². The lowest BCUT2D eigenvalue weighted by atomic mass is 10.0. The minimum absolute atomic E-state index is 0.358. The van der Waals surface area contributed by atoms with Crippen molar-refractivity contribution in [1.82, 2.24) is 9.55 Å². The highest BCUT2D eigenvalue weighted by Gasteiger charge is 2.21. The highest BCUT2D eigenvalue weighted by Crippen LogP contribution is 2.34. The van der Waals surface area contributed by atoms with E-state index in [1.165, 1.54) is 12.0 Å². The lowest BCUT2D eigenvalue weighted by Gasteiger charge is -2.30. The zero-order valence-electron chi connectivity index (χ0n) is 18.8. The molecule has 2 aromatic carbocycles. The maximum absolute atomic E-state index is 12.1. The number of fused-ring (bicyclic) bond motifs is 2. The van der Waals surface area contributed by atoms with E-state index in [1.807, 2.05) is 30.3 Å². The van der Waals surface area contributed by atoms with Crippen LogP contribution in [-0.2, 0) is 13.0 Å². The summed E-state index contributed by atoms with van der Waals surface area (Å²) in [6.07, 6.45) is 10.8. The number of H-pyrrole nitrogens is 1. The number of anilines is 1. The number of aryl methyl sites for hydroxylation is 2. The number of nitrogens with zero attached hydrogens (tertiary/aromatic N) is 3. The quantitative estimate of drug-likeness (QED) is 0.392. The van der Waals surface area contributed by atoms with Gasteiger partial charge >= 0.3 is 0 Å². The van der Waals surface area contributed by atoms with E-state index in [-0.39, 0.29) is 5.91 Å². The SMILES string of the molecule is N#Cc1ccc2[nH]cc(CCCCn3ccc4c(N5CCCCC5)c(C(N)=O)ccc43)c2c1. The van der Waals surface area contributed by atoms with Gasteiger partial charge in [0, 0.05) is 48.3 Å². The van der Waals surface area contributed by atoms with Crippen LogP contribution in [0.2, 0.25) is 0 Å². The van der Waals surface area contributed by atoms with Crippen molar-refractivity contribution < 1.29 is 4.79 Å². The second-order valence-corrected chi connectivity index (χ2v) is 8.96. The summed E-state index contributed by atoms with van der Waals surface area (Å²) in [4.78, 5) is 17.8. The standard InChI is InChI=1S/C27H29N5O/c28-17-19-7-9-24-23(16-19)20(18-30-24)6-2-5-12-31-15-11-21-25(31)10-8-22(27(29)33)26(21)32-13-3-1-4-14-32/h7-11,15-16,18,30H,1-6,12-14H2,(H2,29,33). The van der Waals surface area contributed by atoms with Gasteiger partial charge in [-0.25, -0.2) is 0 Å². The van der Waals surface area contributed by atoms with Gasteiger partial charge in [0.15, 0.2) is 0 Å². The molecule has 6 nitrogen and oxygen atoms in total. The van der Waals surface area contributed by atoms with Crippen molar-refractivity contribution in [2.24, 2.45) is 5.73 Å². The molecule has 0 aliphatic carbocycles. The van der Waals surface area contributed by atoms with E-state index >= 15 is 0 Å². The molecule has 0 atom stereocenters. The average Bonchev–Trinajstić information content (AvgIpc) is 3.45. The first kappa shape index (κ1) is 21.1. The zero-order valence-corrected chi connectivity index (χ0v) is 18.8. The Bertz CT molecular complexity index is 1350. The van der Waals surface area contributed by atoms with E-state index in [0.717, 1.165) is 79.2 Å². The van der Waals surface area contributed by atoms with Crippen LogP contribution < -0.4 is 10.6 Å². The summed E-state index contributed by atoms with van der Waals surface area (Å²) < 4.78 is 2.29. The summed E-state index contributed by atoms with van der Waals surface area (Å²) >= 11 is 0. The molecule has 6 heteroatoms. The van der Waals surface area contributed by atoms with Gasteiger partial charge in [-0.05, 0) is 80.5 Å².